The van der Waals surface area contributed by atoms with Crippen LogP contribution in [0.25, 0.3) is 0 Å². The molecule has 0 radical (unpaired) electrons. The summed E-state index contributed by atoms with van der Waals surface area (Å²) in [6, 6.07) is 12.2. The highest BCUT2D eigenvalue weighted by Gasteiger charge is 2.34. The van der Waals surface area contributed by atoms with Crippen molar-refractivity contribution < 1.29 is 14.3 Å². The molecule has 2 aromatic rings. The molecule has 0 bridgehead atoms. The molecule has 0 saturated heterocycles. The van der Waals surface area contributed by atoms with E-state index in [1.165, 1.54) is 0 Å². The highest BCUT2D eigenvalue weighted by molar-refractivity contribution is 5.51. The second-order valence-electron chi connectivity index (χ2n) is 4.76. The van der Waals surface area contributed by atoms with E-state index in [0.717, 1.165) is 11.6 Å². The third-order valence-corrected chi connectivity index (χ3v) is 3.42. The first-order valence-electron chi connectivity index (χ1n) is 6.56. The maximum atomic E-state index is 12.1. The summed E-state index contributed by atoms with van der Waals surface area (Å²) in [6.45, 7) is -0.425. The number of nitrogens with two attached hydrogens (primary N) is 1. The van der Waals surface area contributed by atoms with E-state index in [-0.39, 0.29) is 28.7 Å². The van der Waals surface area contributed by atoms with Crippen LogP contribution in [-0.2, 0) is 6.61 Å². The Balaban J connectivity index is 2.30. The van der Waals surface area contributed by atoms with Crippen molar-refractivity contribution in [3.8, 4) is 11.8 Å². The van der Waals surface area contributed by atoms with Gasteiger partial charge in [-0.2, -0.15) is 5.26 Å². The van der Waals surface area contributed by atoms with Crippen molar-refractivity contribution in [2.45, 2.75) is 12.5 Å². The second kappa shape index (κ2) is 5.39. The SMILES string of the molecule is N#CC1=C(N)Oc2c(oc(CO)cc2=O)C1c1ccccc1. The van der Waals surface area contributed by atoms with Crippen molar-refractivity contribution in [1.29, 1.82) is 5.26 Å². The normalized spacial score (nSPS) is 16.6. The molecule has 1 unspecified atom stereocenters. The summed E-state index contributed by atoms with van der Waals surface area (Å²) in [5, 5.41) is 18.6. The fourth-order valence-corrected chi connectivity index (χ4v) is 2.44. The lowest BCUT2D eigenvalue weighted by Gasteiger charge is -2.24. The number of benzene rings is 1. The zero-order chi connectivity index (χ0) is 15.7. The molecule has 0 amide bonds. The van der Waals surface area contributed by atoms with Crippen LogP contribution in [0.2, 0.25) is 0 Å². The summed E-state index contributed by atoms with van der Waals surface area (Å²) in [4.78, 5) is 12.1. The van der Waals surface area contributed by atoms with E-state index in [9.17, 15) is 15.2 Å². The monoisotopic (exact) mass is 296 g/mol. The number of nitrogens with zero attached hydrogens (tertiary/aromatic N) is 1. The van der Waals surface area contributed by atoms with Gasteiger partial charge in [0.1, 0.15) is 24.0 Å². The van der Waals surface area contributed by atoms with Crippen LogP contribution in [0.15, 0.2) is 57.1 Å². The number of nitriles is 1. The first-order valence-corrected chi connectivity index (χ1v) is 6.56. The lowest BCUT2D eigenvalue weighted by atomic mass is 9.87. The Kier molecular flexibility index (Phi) is 3.41. The van der Waals surface area contributed by atoms with Crippen molar-refractivity contribution in [3.05, 3.63) is 75.2 Å². The fourth-order valence-electron chi connectivity index (χ4n) is 2.44. The average molecular weight is 296 g/mol. The van der Waals surface area contributed by atoms with Gasteiger partial charge in [-0.3, -0.25) is 4.79 Å². The van der Waals surface area contributed by atoms with Crippen molar-refractivity contribution in [2.75, 3.05) is 0 Å². The molecule has 22 heavy (non-hydrogen) atoms. The number of ether oxygens (including phenoxy) is 1. The first kappa shape index (κ1) is 13.9. The van der Waals surface area contributed by atoms with E-state index < -0.39 is 18.0 Å². The molecule has 110 valence electrons. The van der Waals surface area contributed by atoms with Gasteiger partial charge in [0.2, 0.25) is 17.1 Å². The summed E-state index contributed by atoms with van der Waals surface area (Å²) in [5.41, 5.74) is 6.23. The molecule has 1 aliphatic rings. The molecule has 1 atom stereocenters. The first-order chi connectivity index (χ1) is 10.7. The second-order valence-corrected chi connectivity index (χ2v) is 4.76. The fraction of sp³-hybridized carbons (Fsp3) is 0.125. The van der Waals surface area contributed by atoms with Gasteiger partial charge < -0.3 is 20.0 Å². The van der Waals surface area contributed by atoms with Crippen LogP contribution in [0.5, 0.6) is 5.75 Å². The van der Waals surface area contributed by atoms with Crippen molar-refractivity contribution in [2.24, 2.45) is 5.73 Å². The predicted octanol–water partition coefficient (Wildman–Crippen LogP) is 1.35. The molecule has 6 heteroatoms. The van der Waals surface area contributed by atoms with E-state index in [1.54, 1.807) is 12.1 Å². The number of aliphatic hydroxyl groups is 1. The zero-order valence-electron chi connectivity index (χ0n) is 11.4. The van der Waals surface area contributed by atoms with Gasteiger partial charge in [0.25, 0.3) is 0 Å². The molecule has 3 N–H and O–H groups in total. The molecule has 1 aliphatic heterocycles. The molecule has 0 fully saturated rings. The van der Waals surface area contributed by atoms with E-state index in [2.05, 4.69) is 0 Å². The quantitative estimate of drug-likeness (QED) is 0.865. The van der Waals surface area contributed by atoms with E-state index in [0.29, 0.717) is 0 Å². The smallest absolute Gasteiger partial charge is 0.228 e. The number of rotatable bonds is 2. The molecular weight excluding hydrogens is 284 g/mol. The topological polar surface area (TPSA) is 109 Å². The van der Waals surface area contributed by atoms with Crippen molar-refractivity contribution in [3.63, 3.8) is 0 Å². The van der Waals surface area contributed by atoms with Gasteiger partial charge in [0.05, 0.1) is 5.92 Å². The van der Waals surface area contributed by atoms with Gasteiger partial charge in [0, 0.05) is 6.07 Å². The number of fused-ring (bicyclic) bond motifs is 1. The van der Waals surface area contributed by atoms with E-state index >= 15 is 0 Å². The largest absolute Gasteiger partial charge is 0.458 e. The Hall–Kier alpha value is -3.04. The summed E-state index contributed by atoms with van der Waals surface area (Å²) in [6.07, 6.45) is 0. The van der Waals surface area contributed by atoms with Crippen molar-refractivity contribution >= 4 is 0 Å². The minimum atomic E-state index is -0.644. The highest BCUT2D eigenvalue weighted by Crippen LogP contribution is 2.40. The van der Waals surface area contributed by atoms with Gasteiger partial charge in [-0.15, -0.1) is 0 Å². The maximum Gasteiger partial charge on any atom is 0.228 e. The standard InChI is InChI=1S/C16H12N2O4/c17-7-11-13(9-4-2-1-3-5-9)15-14(22-16(11)18)12(20)6-10(8-19)21-15/h1-6,13,19H,8,18H2. The minimum absolute atomic E-state index is 0.0532. The summed E-state index contributed by atoms with van der Waals surface area (Å²) < 4.78 is 10.8. The van der Waals surface area contributed by atoms with Crippen LogP contribution >= 0.6 is 0 Å². The van der Waals surface area contributed by atoms with Crippen LogP contribution in [0, 0.1) is 11.3 Å². The van der Waals surface area contributed by atoms with Crippen LogP contribution in [0.1, 0.15) is 23.0 Å². The summed E-state index contributed by atoms with van der Waals surface area (Å²) in [7, 11) is 0. The van der Waals surface area contributed by atoms with Crippen LogP contribution in [-0.4, -0.2) is 5.11 Å². The Labute approximate surface area is 125 Å². The molecule has 1 aromatic carbocycles. The Morgan fingerprint density at radius 2 is 2.05 bits per heavy atom. The number of allylic oxidation sites excluding steroid dienone is 1. The minimum Gasteiger partial charge on any atom is -0.458 e. The number of hydrogen-bond acceptors (Lipinski definition) is 6. The zero-order valence-corrected chi connectivity index (χ0v) is 11.4. The van der Waals surface area contributed by atoms with E-state index in [1.807, 2.05) is 24.3 Å². The highest BCUT2D eigenvalue weighted by atomic mass is 16.5. The van der Waals surface area contributed by atoms with Crippen LogP contribution in [0.3, 0.4) is 0 Å². The lowest BCUT2D eigenvalue weighted by molar-refractivity contribution is 0.231. The molecular formula is C16H12N2O4. The third kappa shape index (κ3) is 2.14. The average Bonchev–Trinajstić information content (AvgIpc) is 2.55. The molecule has 2 heterocycles. The lowest BCUT2D eigenvalue weighted by Crippen LogP contribution is -2.25. The molecule has 6 nitrogen and oxygen atoms in total. The van der Waals surface area contributed by atoms with Gasteiger partial charge in [0.15, 0.2) is 5.76 Å². The van der Waals surface area contributed by atoms with Crippen molar-refractivity contribution in [1.82, 2.24) is 0 Å². The van der Waals surface area contributed by atoms with Gasteiger partial charge >= 0.3 is 0 Å². The maximum absolute atomic E-state index is 12.1. The van der Waals surface area contributed by atoms with Gasteiger partial charge in [-0.1, -0.05) is 30.3 Å². The third-order valence-electron chi connectivity index (χ3n) is 3.42. The molecule has 1 aromatic heterocycles. The molecule has 0 spiro atoms. The molecule has 0 aliphatic carbocycles. The number of hydrogen-bond donors (Lipinski definition) is 2. The predicted molar refractivity (Wildman–Crippen MR) is 76.6 cm³/mol. The Morgan fingerprint density at radius 1 is 1.32 bits per heavy atom. The summed E-state index contributed by atoms with van der Waals surface area (Å²) in [5.74, 6) is -0.538. The Morgan fingerprint density at radius 3 is 2.68 bits per heavy atom. The van der Waals surface area contributed by atoms with Crippen LogP contribution in [0.4, 0.5) is 0 Å². The molecule has 0 saturated carbocycles. The number of aliphatic hydroxyl groups excluding tert-OH is 1. The van der Waals surface area contributed by atoms with Gasteiger partial charge in [-0.05, 0) is 5.56 Å². The Bertz CT molecular complexity index is 847. The summed E-state index contributed by atoms with van der Waals surface area (Å²) >= 11 is 0. The van der Waals surface area contributed by atoms with E-state index in [4.69, 9.17) is 14.9 Å². The van der Waals surface area contributed by atoms with Gasteiger partial charge in [-0.25, -0.2) is 0 Å². The molecule has 3 rings (SSSR count). The van der Waals surface area contributed by atoms with Crippen LogP contribution < -0.4 is 15.9 Å².